The summed E-state index contributed by atoms with van der Waals surface area (Å²) in [6.45, 7) is 2.15. The molecule has 24 heavy (non-hydrogen) atoms. The Hall–Kier alpha value is -2.48. The fourth-order valence-corrected chi connectivity index (χ4v) is 3.56. The Bertz CT molecular complexity index is 880. The van der Waals surface area contributed by atoms with Gasteiger partial charge in [0.1, 0.15) is 5.82 Å². The monoisotopic (exact) mass is 345 g/mol. The highest BCUT2D eigenvalue weighted by molar-refractivity contribution is 7.99. The molecule has 2 aliphatic rings. The molecule has 1 atom stereocenters. The highest BCUT2D eigenvalue weighted by Gasteiger charge is 2.31. The zero-order chi connectivity index (χ0) is 16.7. The number of anilines is 1. The van der Waals surface area contributed by atoms with E-state index in [1.165, 1.54) is 11.8 Å². The number of nitrogens with one attached hydrogen (secondary N) is 2. The largest absolute Gasteiger partial charge is 0.454 e. The molecule has 124 valence electrons. The lowest BCUT2D eigenvalue weighted by molar-refractivity contribution is -0.116. The van der Waals surface area contributed by atoms with Crippen LogP contribution in [-0.2, 0) is 4.79 Å². The van der Waals surface area contributed by atoms with Crippen LogP contribution in [0.5, 0.6) is 11.5 Å². The van der Waals surface area contributed by atoms with E-state index in [2.05, 4.69) is 15.3 Å². The van der Waals surface area contributed by atoms with E-state index in [0.29, 0.717) is 28.0 Å². The predicted octanol–water partition coefficient (Wildman–Crippen LogP) is 2.08. The van der Waals surface area contributed by atoms with Crippen LogP contribution in [0.2, 0.25) is 0 Å². The third kappa shape index (κ3) is 2.52. The zero-order valence-corrected chi connectivity index (χ0v) is 13.7. The van der Waals surface area contributed by atoms with Gasteiger partial charge < -0.3 is 19.8 Å². The quantitative estimate of drug-likeness (QED) is 0.653. The summed E-state index contributed by atoms with van der Waals surface area (Å²) in [6.07, 6.45) is 0.192. The van der Waals surface area contributed by atoms with Crippen LogP contribution >= 0.6 is 11.8 Å². The number of H-pyrrole nitrogens is 1. The molecule has 2 N–H and O–H groups in total. The molecule has 0 saturated carbocycles. The first kappa shape index (κ1) is 15.1. The number of benzene rings is 1. The molecule has 4 rings (SSSR count). The molecule has 0 unspecified atom stereocenters. The summed E-state index contributed by atoms with van der Waals surface area (Å²) in [7, 11) is 0. The molecule has 0 radical (unpaired) electrons. The fourth-order valence-electron chi connectivity index (χ4n) is 2.97. The summed E-state index contributed by atoms with van der Waals surface area (Å²) in [4.78, 5) is 31.8. The molecule has 1 amide bonds. The standard InChI is InChI=1S/C16H15N3O4S/c1-2-24-16-18-14-13(15(21)19-16)9(6-12(20)17-14)8-3-4-10-11(5-8)23-7-22-10/h3-5,9H,2,6-7H2,1H3,(H2,17,18,19,20,21)/t9-/m1/s1. The van der Waals surface area contributed by atoms with E-state index in [0.717, 1.165) is 11.3 Å². The molecule has 2 aromatic rings. The number of hydrogen-bond donors (Lipinski definition) is 2. The van der Waals surface area contributed by atoms with E-state index >= 15 is 0 Å². The van der Waals surface area contributed by atoms with Crippen molar-refractivity contribution in [3.8, 4) is 11.5 Å². The lowest BCUT2D eigenvalue weighted by Crippen LogP contribution is -2.31. The number of thioether (sulfide) groups is 1. The van der Waals surface area contributed by atoms with Crippen LogP contribution in [0.1, 0.15) is 30.4 Å². The van der Waals surface area contributed by atoms with Gasteiger partial charge in [0.15, 0.2) is 16.7 Å². The average molecular weight is 345 g/mol. The molecule has 3 heterocycles. The van der Waals surface area contributed by atoms with Crippen molar-refractivity contribution < 1.29 is 14.3 Å². The van der Waals surface area contributed by atoms with Gasteiger partial charge in [-0.15, -0.1) is 0 Å². The molecule has 8 heteroatoms. The Morgan fingerprint density at radius 3 is 2.96 bits per heavy atom. The van der Waals surface area contributed by atoms with Crippen molar-refractivity contribution in [3.63, 3.8) is 0 Å². The molecule has 1 aromatic carbocycles. The van der Waals surface area contributed by atoms with Crippen LogP contribution in [0.3, 0.4) is 0 Å². The minimum Gasteiger partial charge on any atom is -0.454 e. The second-order valence-corrected chi connectivity index (χ2v) is 6.74. The molecular formula is C16H15N3O4S. The number of carbonyl (C=O) groups is 1. The van der Waals surface area contributed by atoms with E-state index in [4.69, 9.17) is 9.47 Å². The van der Waals surface area contributed by atoms with Crippen molar-refractivity contribution in [2.75, 3.05) is 17.9 Å². The van der Waals surface area contributed by atoms with Gasteiger partial charge in [0.2, 0.25) is 12.7 Å². The maximum Gasteiger partial charge on any atom is 0.257 e. The number of aromatic amines is 1. The van der Waals surface area contributed by atoms with Gasteiger partial charge in [0.05, 0.1) is 5.56 Å². The fraction of sp³-hybridized carbons (Fsp3) is 0.312. The van der Waals surface area contributed by atoms with Crippen LogP contribution in [0.15, 0.2) is 28.2 Å². The van der Waals surface area contributed by atoms with E-state index in [-0.39, 0.29) is 30.6 Å². The molecule has 1 aromatic heterocycles. The minimum absolute atomic E-state index is 0.157. The third-order valence-corrected chi connectivity index (χ3v) is 4.76. The van der Waals surface area contributed by atoms with E-state index in [1.807, 2.05) is 19.1 Å². The maximum absolute atomic E-state index is 12.6. The van der Waals surface area contributed by atoms with E-state index < -0.39 is 0 Å². The average Bonchev–Trinajstić information content (AvgIpc) is 3.01. The number of nitrogens with zero attached hydrogens (tertiary/aromatic N) is 1. The summed E-state index contributed by atoms with van der Waals surface area (Å²) < 4.78 is 10.7. The SMILES string of the molecule is CCSc1nc2c(c(=O)[nH]1)[C@@H](c1ccc3c(c1)OCO3)CC(=O)N2. The molecule has 0 bridgehead atoms. The van der Waals surface area contributed by atoms with Gasteiger partial charge in [-0.05, 0) is 23.4 Å². The third-order valence-electron chi connectivity index (χ3n) is 4.01. The highest BCUT2D eigenvalue weighted by Crippen LogP contribution is 2.39. The van der Waals surface area contributed by atoms with Crippen molar-refractivity contribution in [2.24, 2.45) is 0 Å². The maximum atomic E-state index is 12.6. The summed E-state index contributed by atoms with van der Waals surface area (Å²) in [5, 5.41) is 3.22. The van der Waals surface area contributed by atoms with E-state index in [1.54, 1.807) is 6.07 Å². The molecule has 0 aliphatic carbocycles. The van der Waals surface area contributed by atoms with Gasteiger partial charge in [0, 0.05) is 12.3 Å². The van der Waals surface area contributed by atoms with Crippen molar-refractivity contribution >= 4 is 23.5 Å². The van der Waals surface area contributed by atoms with Crippen molar-refractivity contribution in [1.82, 2.24) is 9.97 Å². The minimum atomic E-state index is -0.361. The summed E-state index contributed by atoms with van der Waals surface area (Å²) in [6, 6.07) is 5.48. The molecule has 2 aliphatic heterocycles. The first-order valence-corrected chi connectivity index (χ1v) is 8.60. The second kappa shape index (κ2) is 5.86. The Balaban J connectivity index is 1.81. The first-order valence-electron chi connectivity index (χ1n) is 7.62. The van der Waals surface area contributed by atoms with Crippen molar-refractivity contribution in [1.29, 1.82) is 0 Å². The zero-order valence-electron chi connectivity index (χ0n) is 12.9. The van der Waals surface area contributed by atoms with Gasteiger partial charge in [0.25, 0.3) is 5.56 Å². The Labute approximate surface area is 141 Å². The smallest absolute Gasteiger partial charge is 0.257 e. The Kier molecular flexibility index (Phi) is 3.68. The van der Waals surface area contributed by atoms with E-state index in [9.17, 15) is 9.59 Å². The topological polar surface area (TPSA) is 93.3 Å². The van der Waals surface area contributed by atoms with Gasteiger partial charge in [-0.1, -0.05) is 24.8 Å². The number of carbonyl (C=O) groups excluding carboxylic acids is 1. The van der Waals surface area contributed by atoms with Gasteiger partial charge in [-0.2, -0.15) is 0 Å². The summed E-state index contributed by atoms with van der Waals surface area (Å²) in [5.74, 6) is 1.90. The van der Waals surface area contributed by atoms with Crippen molar-refractivity contribution in [2.45, 2.75) is 24.4 Å². The highest BCUT2D eigenvalue weighted by atomic mass is 32.2. The van der Waals surface area contributed by atoms with Crippen LogP contribution in [0.4, 0.5) is 5.82 Å². The summed E-state index contributed by atoms with van der Waals surface area (Å²) in [5.41, 5.74) is 1.09. The number of hydrogen-bond acceptors (Lipinski definition) is 6. The number of aromatic nitrogens is 2. The Morgan fingerprint density at radius 1 is 1.29 bits per heavy atom. The first-order chi connectivity index (χ1) is 11.7. The molecular weight excluding hydrogens is 330 g/mol. The predicted molar refractivity (Wildman–Crippen MR) is 88.9 cm³/mol. The van der Waals surface area contributed by atoms with Crippen LogP contribution in [0, 0.1) is 0 Å². The van der Waals surface area contributed by atoms with Crippen LogP contribution in [-0.4, -0.2) is 28.4 Å². The molecule has 0 fully saturated rings. The van der Waals surface area contributed by atoms with Gasteiger partial charge >= 0.3 is 0 Å². The number of ether oxygens (including phenoxy) is 2. The van der Waals surface area contributed by atoms with Crippen molar-refractivity contribution in [3.05, 3.63) is 39.7 Å². The second-order valence-electron chi connectivity index (χ2n) is 5.48. The lowest BCUT2D eigenvalue weighted by atomic mass is 9.86. The summed E-state index contributed by atoms with van der Waals surface area (Å²) >= 11 is 1.42. The number of fused-ring (bicyclic) bond motifs is 2. The lowest BCUT2D eigenvalue weighted by Gasteiger charge is -2.24. The number of rotatable bonds is 3. The normalized spacial score (nSPS) is 18.2. The van der Waals surface area contributed by atoms with Crippen LogP contribution < -0.4 is 20.3 Å². The van der Waals surface area contributed by atoms with Crippen LogP contribution in [0.25, 0.3) is 0 Å². The number of amides is 1. The molecule has 0 saturated heterocycles. The molecule has 7 nitrogen and oxygen atoms in total. The Morgan fingerprint density at radius 2 is 2.12 bits per heavy atom. The molecule has 0 spiro atoms. The van der Waals surface area contributed by atoms with Gasteiger partial charge in [-0.25, -0.2) is 4.98 Å². The van der Waals surface area contributed by atoms with Gasteiger partial charge in [-0.3, -0.25) is 9.59 Å².